The van der Waals surface area contributed by atoms with Crippen LogP contribution in [0.1, 0.15) is 64.2 Å². The lowest BCUT2D eigenvalue weighted by molar-refractivity contribution is 0.241. The Bertz CT molecular complexity index is 179. The minimum atomic E-state index is 0.688. The molecular formula is C14H24O. The summed E-state index contributed by atoms with van der Waals surface area (Å²) >= 11 is 0. The molecule has 0 aromatic carbocycles. The summed E-state index contributed by atoms with van der Waals surface area (Å²) in [6.45, 7) is 0. The minimum Gasteiger partial charge on any atom is -0.369 e. The van der Waals surface area contributed by atoms with Gasteiger partial charge < -0.3 is 4.74 Å². The molecule has 3 aliphatic rings. The predicted octanol–water partition coefficient (Wildman–Crippen LogP) is 3.91. The van der Waals surface area contributed by atoms with E-state index >= 15 is 0 Å². The summed E-state index contributed by atoms with van der Waals surface area (Å²) in [5, 5.41) is 0. The van der Waals surface area contributed by atoms with Gasteiger partial charge in [-0.1, -0.05) is 38.5 Å². The Morgan fingerprint density at radius 1 is 0.533 bits per heavy atom. The molecule has 15 heavy (non-hydrogen) atoms. The van der Waals surface area contributed by atoms with Gasteiger partial charge in [0.25, 0.3) is 0 Å². The molecular weight excluding hydrogens is 184 g/mol. The van der Waals surface area contributed by atoms with Gasteiger partial charge in [-0.25, -0.2) is 0 Å². The van der Waals surface area contributed by atoms with Crippen LogP contribution in [0.4, 0.5) is 0 Å². The Hall–Kier alpha value is -0.0400. The lowest BCUT2D eigenvalue weighted by atomic mass is 9.80. The Labute approximate surface area is 93.6 Å². The molecule has 0 aromatic heterocycles. The summed E-state index contributed by atoms with van der Waals surface area (Å²) in [5.74, 6) is 1.87. The number of epoxide rings is 1. The first kappa shape index (κ1) is 10.1. The molecule has 2 aliphatic carbocycles. The average molecular weight is 208 g/mol. The van der Waals surface area contributed by atoms with Crippen LogP contribution in [0.5, 0.6) is 0 Å². The normalized spacial score (nSPS) is 39.2. The highest BCUT2D eigenvalue weighted by Crippen LogP contribution is 2.45. The molecule has 3 rings (SSSR count). The summed E-state index contributed by atoms with van der Waals surface area (Å²) in [5.41, 5.74) is 0. The zero-order chi connectivity index (χ0) is 10.1. The topological polar surface area (TPSA) is 12.5 Å². The number of hydrogen-bond donors (Lipinski definition) is 0. The van der Waals surface area contributed by atoms with Crippen LogP contribution in [0.25, 0.3) is 0 Å². The first-order chi connectivity index (χ1) is 7.45. The zero-order valence-corrected chi connectivity index (χ0v) is 9.79. The fraction of sp³-hybridized carbons (Fsp3) is 1.00. The van der Waals surface area contributed by atoms with Gasteiger partial charge in [0.05, 0.1) is 12.2 Å². The maximum absolute atomic E-state index is 6.00. The maximum Gasteiger partial charge on any atom is 0.0872 e. The summed E-state index contributed by atoms with van der Waals surface area (Å²) in [6.07, 6.45) is 16.0. The molecule has 1 nitrogen and oxygen atoms in total. The second-order valence-corrected chi connectivity index (χ2v) is 5.86. The molecule has 1 saturated heterocycles. The van der Waals surface area contributed by atoms with E-state index in [2.05, 4.69) is 0 Å². The molecule has 2 atom stereocenters. The molecule has 0 N–H and O–H groups in total. The van der Waals surface area contributed by atoms with Gasteiger partial charge in [0.1, 0.15) is 0 Å². The van der Waals surface area contributed by atoms with Crippen molar-refractivity contribution in [2.24, 2.45) is 11.8 Å². The molecule has 0 amide bonds. The van der Waals surface area contributed by atoms with Crippen molar-refractivity contribution in [3.05, 3.63) is 0 Å². The molecule has 86 valence electrons. The van der Waals surface area contributed by atoms with E-state index in [1.54, 1.807) is 0 Å². The van der Waals surface area contributed by atoms with Gasteiger partial charge >= 0.3 is 0 Å². The molecule has 0 spiro atoms. The second-order valence-electron chi connectivity index (χ2n) is 5.86. The molecule has 1 aliphatic heterocycles. The van der Waals surface area contributed by atoms with Gasteiger partial charge in [0, 0.05) is 0 Å². The van der Waals surface area contributed by atoms with Gasteiger partial charge in [-0.3, -0.25) is 0 Å². The van der Waals surface area contributed by atoms with Crippen molar-refractivity contribution in [1.82, 2.24) is 0 Å². The van der Waals surface area contributed by atoms with Crippen molar-refractivity contribution in [2.75, 3.05) is 0 Å². The van der Waals surface area contributed by atoms with Crippen LogP contribution < -0.4 is 0 Å². The third-order valence-corrected chi connectivity index (χ3v) is 4.79. The summed E-state index contributed by atoms with van der Waals surface area (Å²) in [7, 11) is 0. The Balaban J connectivity index is 1.49. The van der Waals surface area contributed by atoms with Gasteiger partial charge in [0.15, 0.2) is 0 Å². The SMILES string of the molecule is C1CCC([C@@H]2O[C@H]2C2CCCCC2)CC1. The second kappa shape index (κ2) is 4.45. The smallest absolute Gasteiger partial charge is 0.0872 e. The van der Waals surface area contributed by atoms with Crippen molar-refractivity contribution in [3.63, 3.8) is 0 Å². The van der Waals surface area contributed by atoms with Crippen molar-refractivity contribution >= 4 is 0 Å². The Morgan fingerprint density at radius 2 is 0.933 bits per heavy atom. The van der Waals surface area contributed by atoms with Crippen LogP contribution in [-0.2, 0) is 4.74 Å². The van der Waals surface area contributed by atoms with Crippen LogP contribution in [0.15, 0.2) is 0 Å². The van der Waals surface area contributed by atoms with Crippen molar-refractivity contribution < 1.29 is 4.74 Å². The monoisotopic (exact) mass is 208 g/mol. The van der Waals surface area contributed by atoms with E-state index in [-0.39, 0.29) is 0 Å². The lowest BCUT2D eigenvalue weighted by Gasteiger charge is -2.22. The standard InChI is InChI=1S/C14H24O/c1-3-7-11(8-4-1)13-14(15-13)12-9-5-2-6-10-12/h11-14H,1-10H2/t13-,14-/m0/s1. The van der Waals surface area contributed by atoms with Gasteiger partial charge in [-0.2, -0.15) is 0 Å². The largest absolute Gasteiger partial charge is 0.369 e. The first-order valence-corrected chi connectivity index (χ1v) is 7.10. The molecule has 0 unspecified atom stereocenters. The molecule has 0 aromatic rings. The maximum atomic E-state index is 6.00. The van der Waals surface area contributed by atoms with E-state index in [9.17, 15) is 0 Å². The molecule has 0 bridgehead atoms. The van der Waals surface area contributed by atoms with E-state index in [1.807, 2.05) is 0 Å². The molecule has 1 heteroatoms. The highest BCUT2D eigenvalue weighted by Gasteiger charge is 2.48. The lowest BCUT2D eigenvalue weighted by Crippen LogP contribution is -2.20. The first-order valence-electron chi connectivity index (χ1n) is 7.10. The number of hydrogen-bond acceptors (Lipinski definition) is 1. The number of rotatable bonds is 2. The number of ether oxygens (including phenoxy) is 1. The van der Waals surface area contributed by atoms with Gasteiger partial charge in [0.2, 0.25) is 0 Å². The third-order valence-electron chi connectivity index (χ3n) is 4.79. The van der Waals surface area contributed by atoms with Crippen LogP contribution in [-0.4, -0.2) is 12.2 Å². The predicted molar refractivity (Wildman–Crippen MR) is 61.8 cm³/mol. The summed E-state index contributed by atoms with van der Waals surface area (Å²) < 4.78 is 6.00. The van der Waals surface area contributed by atoms with Crippen molar-refractivity contribution in [3.8, 4) is 0 Å². The highest BCUT2D eigenvalue weighted by molar-refractivity contribution is 4.96. The highest BCUT2D eigenvalue weighted by atomic mass is 16.6. The fourth-order valence-corrected chi connectivity index (χ4v) is 3.82. The van der Waals surface area contributed by atoms with Crippen molar-refractivity contribution in [1.29, 1.82) is 0 Å². The van der Waals surface area contributed by atoms with Gasteiger partial charge in [-0.05, 0) is 37.5 Å². The van der Waals surface area contributed by atoms with Crippen LogP contribution in [0.3, 0.4) is 0 Å². The Kier molecular flexibility index (Phi) is 3.01. The van der Waals surface area contributed by atoms with Crippen LogP contribution in [0.2, 0.25) is 0 Å². The molecule has 2 saturated carbocycles. The van der Waals surface area contributed by atoms with Crippen LogP contribution in [0, 0.1) is 11.8 Å². The quantitative estimate of drug-likeness (QED) is 0.627. The van der Waals surface area contributed by atoms with E-state index in [0.717, 1.165) is 11.8 Å². The minimum absolute atomic E-state index is 0.688. The summed E-state index contributed by atoms with van der Waals surface area (Å²) in [6, 6.07) is 0. The van der Waals surface area contributed by atoms with Crippen LogP contribution >= 0.6 is 0 Å². The van der Waals surface area contributed by atoms with E-state index in [0.29, 0.717) is 12.2 Å². The zero-order valence-electron chi connectivity index (χ0n) is 9.79. The van der Waals surface area contributed by atoms with Crippen molar-refractivity contribution in [2.45, 2.75) is 76.4 Å². The summed E-state index contributed by atoms with van der Waals surface area (Å²) in [4.78, 5) is 0. The average Bonchev–Trinajstić information content (AvgIpc) is 3.11. The third kappa shape index (κ3) is 2.22. The fourth-order valence-electron chi connectivity index (χ4n) is 3.82. The van der Waals surface area contributed by atoms with E-state index in [1.165, 1.54) is 64.2 Å². The van der Waals surface area contributed by atoms with E-state index in [4.69, 9.17) is 4.74 Å². The molecule has 0 radical (unpaired) electrons. The molecule has 3 fully saturated rings. The Morgan fingerprint density at radius 3 is 1.33 bits per heavy atom. The molecule has 1 heterocycles. The van der Waals surface area contributed by atoms with E-state index < -0.39 is 0 Å². The van der Waals surface area contributed by atoms with Gasteiger partial charge in [-0.15, -0.1) is 0 Å².